The Morgan fingerprint density at radius 2 is 2.00 bits per heavy atom. The fourth-order valence-corrected chi connectivity index (χ4v) is 1.99. The zero-order chi connectivity index (χ0) is 15.4. The smallest absolute Gasteiger partial charge is 0.335 e. The monoisotopic (exact) mass is 287 g/mol. The third-order valence-electron chi connectivity index (χ3n) is 3.01. The van der Waals surface area contributed by atoms with Crippen molar-refractivity contribution < 1.29 is 19.4 Å². The standard InChI is InChI=1S/C16H17NO4/c1-10-6-12(16(18)19)4-5-15(10)21-9-13-8-14(20-3)7-11(2)17-13/h4-8H,9H2,1-3H3,(H,18,19). The summed E-state index contributed by atoms with van der Waals surface area (Å²) in [5.74, 6) is 0.427. The van der Waals surface area contributed by atoms with Gasteiger partial charge < -0.3 is 14.6 Å². The Kier molecular flexibility index (Phi) is 4.42. The number of methoxy groups -OCH3 is 1. The van der Waals surface area contributed by atoms with Gasteiger partial charge in [0.15, 0.2) is 0 Å². The van der Waals surface area contributed by atoms with Gasteiger partial charge in [-0.05, 0) is 37.6 Å². The molecule has 5 heteroatoms. The molecule has 0 bridgehead atoms. The number of aryl methyl sites for hydroxylation is 2. The van der Waals surface area contributed by atoms with Gasteiger partial charge >= 0.3 is 5.97 Å². The zero-order valence-electron chi connectivity index (χ0n) is 12.2. The van der Waals surface area contributed by atoms with Gasteiger partial charge in [0, 0.05) is 17.8 Å². The first-order chi connectivity index (χ1) is 9.99. The summed E-state index contributed by atoms with van der Waals surface area (Å²) in [6.07, 6.45) is 0. The highest BCUT2D eigenvalue weighted by atomic mass is 16.5. The van der Waals surface area contributed by atoms with Gasteiger partial charge in [0.25, 0.3) is 0 Å². The molecular weight excluding hydrogens is 270 g/mol. The summed E-state index contributed by atoms with van der Waals surface area (Å²) in [6, 6.07) is 8.42. The van der Waals surface area contributed by atoms with E-state index in [4.69, 9.17) is 14.6 Å². The molecule has 0 aliphatic rings. The van der Waals surface area contributed by atoms with Gasteiger partial charge in [-0.2, -0.15) is 0 Å². The van der Waals surface area contributed by atoms with Crippen LogP contribution in [-0.4, -0.2) is 23.2 Å². The molecule has 1 heterocycles. The molecule has 0 saturated heterocycles. The maximum atomic E-state index is 10.9. The summed E-state index contributed by atoms with van der Waals surface area (Å²) in [4.78, 5) is 15.3. The highest BCUT2D eigenvalue weighted by Gasteiger charge is 2.07. The lowest BCUT2D eigenvalue weighted by Crippen LogP contribution is -2.03. The molecule has 0 atom stereocenters. The van der Waals surface area contributed by atoms with Crippen LogP contribution in [0.1, 0.15) is 27.3 Å². The van der Waals surface area contributed by atoms with Crippen molar-refractivity contribution in [3.63, 3.8) is 0 Å². The van der Waals surface area contributed by atoms with E-state index in [0.717, 1.165) is 22.7 Å². The number of aromatic nitrogens is 1. The predicted molar refractivity (Wildman–Crippen MR) is 78.0 cm³/mol. The number of aromatic carboxylic acids is 1. The number of hydrogen-bond donors (Lipinski definition) is 1. The van der Waals surface area contributed by atoms with Crippen molar-refractivity contribution >= 4 is 5.97 Å². The van der Waals surface area contributed by atoms with Gasteiger partial charge in [0.1, 0.15) is 18.1 Å². The van der Waals surface area contributed by atoms with E-state index in [9.17, 15) is 4.79 Å². The van der Waals surface area contributed by atoms with Crippen LogP contribution < -0.4 is 9.47 Å². The normalized spacial score (nSPS) is 10.2. The third-order valence-corrected chi connectivity index (χ3v) is 3.01. The molecule has 0 fully saturated rings. The van der Waals surface area contributed by atoms with E-state index in [0.29, 0.717) is 12.4 Å². The second kappa shape index (κ2) is 6.26. The van der Waals surface area contributed by atoms with Crippen LogP contribution in [0.25, 0.3) is 0 Å². The minimum absolute atomic E-state index is 0.246. The summed E-state index contributed by atoms with van der Waals surface area (Å²) in [5, 5.41) is 8.93. The SMILES string of the molecule is COc1cc(C)nc(COc2ccc(C(=O)O)cc2C)c1. The maximum Gasteiger partial charge on any atom is 0.335 e. The summed E-state index contributed by atoms with van der Waals surface area (Å²) in [5.41, 5.74) is 2.63. The number of nitrogens with zero attached hydrogens (tertiary/aromatic N) is 1. The highest BCUT2D eigenvalue weighted by molar-refractivity contribution is 5.88. The van der Waals surface area contributed by atoms with Crippen LogP contribution in [0, 0.1) is 13.8 Å². The van der Waals surface area contributed by atoms with Gasteiger partial charge in [0.2, 0.25) is 0 Å². The fraction of sp³-hybridized carbons (Fsp3) is 0.250. The maximum absolute atomic E-state index is 10.9. The summed E-state index contributed by atoms with van der Waals surface area (Å²) < 4.78 is 10.9. The van der Waals surface area contributed by atoms with Crippen molar-refractivity contribution in [1.82, 2.24) is 4.98 Å². The molecule has 21 heavy (non-hydrogen) atoms. The molecule has 2 rings (SSSR count). The number of ether oxygens (including phenoxy) is 2. The Morgan fingerprint density at radius 3 is 2.62 bits per heavy atom. The average molecular weight is 287 g/mol. The number of carboxylic acid groups (broad SMARTS) is 1. The first-order valence-electron chi connectivity index (χ1n) is 6.48. The Hall–Kier alpha value is -2.56. The number of pyridine rings is 1. The van der Waals surface area contributed by atoms with Crippen molar-refractivity contribution in [1.29, 1.82) is 0 Å². The number of benzene rings is 1. The van der Waals surface area contributed by atoms with Crippen molar-refractivity contribution in [3.8, 4) is 11.5 Å². The number of carboxylic acids is 1. The minimum Gasteiger partial charge on any atom is -0.497 e. The fourth-order valence-electron chi connectivity index (χ4n) is 1.99. The van der Waals surface area contributed by atoms with Crippen LogP contribution >= 0.6 is 0 Å². The Labute approximate surface area is 123 Å². The molecule has 0 radical (unpaired) electrons. The van der Waals surface area contributed by atoms with Crippen molar-refractivity contribution in [2.24, 2.45) is 0 Å². The van der Waals surface area contributed by atoms with Gasteiger partial charge in [-0.15, -0.1) is 0 Å². The lowest BCUT2D eigenvalue weighted by molar-refractivity contribution is 0.0696. The number of rotatable bonds is 5. The van der Waals surface area contributed by atoms with Crippen molar-refractivity contribution in [2.45, 2.75) is 20.5 Å². The molecule has 0 unspecified atom stereocenters. The van der Waals surface area contributed by atoms with E-state index in [1.807, 2.05) is 26.0 Å². The Bertz CT molecular complexity index is 667. The second-order valence-corrected chi connectivity index (χ2v) is 4.71. The van der Waals surface area contributed by atoms with E-state index in [2.05, 4.69) is 4.98 Å². The van der Waals surface area contributed by atoms with Crippen molar-refractivity contribution in [3.05, 3.63) is 52.8 Å². The quantitative estimate of drug-likeness (QED) is 0.915. The third kappa shape index (κ3) is 3.72. The molecule has 0 saturated carbocycles. The van der Waals surface area contributed by atoms with Crippen LogP contribution in [0.5, 0.6) is 11.5 Å². The molecule has 1 aromatic heterocycles. The molecule has 0 aliphatic carbocycles. The number of carbonyl (C=O) groups is 1. The zero-order valence-corrected chi connectivity index (χ0v) is 12.2. The highest BCUT2D eigenvalue weighted by Crippen LogP contribution is 2.21. The largest absolute Gasteiger partial charge is 0.497 e. The van der Waals surface area contributed by atoms with Gasteiger partial charge in [0.05, 0.1) is 18.4 Å². The molecular formula is C16H17NO4. The Morgan fingerprint density at radius 1 is 1.24 bits per heavy atom. The lowest BCUT2D eigenvalue weighted by atomic mass is 10.1. The molecule has 0 amide bonds. The van der Waals surface area contributed by atoms with Crippen LogP contribution in [0.15, 0.2) is 30.3 Å². The summed E-state index contributed by atoms with van der Waals surface area (Å²) in [7, 11) is 1.61. The topological polar surface area (TPSA) is 68.7 Å². The summed E-state index contributed by atoms with van der Waals surface area (Å²) in [6.45, 7) is 4.00. The second-order valence-electron chi connectivity index (χ2n) is 4.71. The molecule has 1 aromatic carbocycles. The van der Waals surface area contributed by atoms with Crippen molar-refractivity contribution in [2.75, 3.05) is 7.11 Å². The first-order valence-corrected chi connectivity index (χ1v) is 6.48. The van der Waals surface area contributed by atoms with E-state index in [1.54, 1.807) is 19.2 Å². The van der Waals surface area contributed by atoms with Gasteiger partial charge in [-0.1, -0.05) is 0 Å². The average Bonchev–Trinajstić information content (AvgIpc) is 2.45. The van der Waals surface area contributed by atoms with E-state index in [1.165, 1.54) is 6.07 Å². The lowest BCUT2D eigenvalue weighted by Gasteiger charge is -2.10. The van der Waals surface area contributed by atoms with Gasteiger partial charge in [-0.3, -0.25) is 4.98 Å². The van der Waals surface area contributed by atoms with Crippen LogP contribution in [-0.2, 0) is 6.61 Å². The van der Waals surface area contributed by atoms with Crippen LogP contribution in [0.4, 0.5) is 0 Å². The summed E-state index contributed by atoms with van der Waals surface area (Å²) >= 11 is 0. The Balaban J connectivity index is 2.13. The molecule has 0 spiro atoms. The van der Waals surface area contributed by atoms with Gasteiger partial charge in [-0.25, -0.2) is 4.79 Å². The van der Waals surface area contributed by atoms with E-state index < -0.39 is 5.97 Å². The van der Waals surface area contributed by atoms with Crippen LogP contribution in [0.2, 0.25) is 0 Å². The first kappa shape index (κ1) is 14.8. The predicted octanol–water partition coefficient (Wildman–Crippen LogP) is 2.98. The molecule has 110 valence electrons. The van der Waals surface area contributed by atoms with Crippen LogP contribution in [0.3, 0.4) is 0 Å². The molecule has 2 aromatic rings. The molecule has 5 nitrogen and oxygen atoms in total. The molecule has 1 N–H and O–H groups in total. The molecule has 0 aliphatic heterocycles. The van der Waals surface area contributed by atoms with E-state index >= 15 is 0 Å². The van der Waals surface area contributed by atoms with E-state index in [-0.39, 0.29) is 5.56 Å². The minimum atomic E-state index is -0.949. The number of hydrogen-bond acceptors (Lipinski definition) is 4.